The summed E-state index contributed by atoms with van der Waals surface area (Å²) >= 11 is 0. The van der Waals surface area contributed by atoms with Crippen molar-refractivity contribution in [3.63, 3.8) is 0 Å². The van der Waals surface area contributed by atoms with Crippen molar-refractivity contribution in [1.82, 2.24) is 5.43 Å². The summed E-state index contributed by atoms with van der Waals surface area (Å²) in [4.78, 5) is 0. The summed E-state index contributed by atoms with van der Waals surface area (Å²) in [5.74, 6) is 5.46. The first kappa shape index (κ1) is 13.6. The van der Waals surface area contributed by atoms with Gasteiger partial charge in [0.1, 0.15) is 0 Å². The van der Waals surface area contributed by atoms with Gasteiger partial charge in [0, 0.05) is 0 Å². The normalized spacial score (nSPS) is 13.3. The Labute approximate surface area is 109 Å². The van der Waals surface area contributed by atoms with E-state index in [1.807, 2.05) is 30.3 Å². The highest BCUT2D eigenvalue weighted by molar-refractivity contribution is 5.34. The van der Waals surface area contributed by atoms with Crippen molar-refractivity contribution in [2.45, 2.75) is 12.2 Å². The molecule has 19 heavy (non-hydrogen) atoms. The second kappa shape index (κ2) is 5.42. The maximum Gasteiger partial charge on any atom is 0.416 e. The van der Waals surface area contributed by atoms with Gasteiger partial charge >= 0.3 is 6.18 Å². The molecule has 0 aliphatic carbocycles. The molecule has 0 fully saturated rings. The third-order valence-corrected chi connectivity index (χ3v) is 2.85. The van der Waals surface area contributed by atoms with Crippen LogP contribution in [-0.2, 0) is 6.18 Å². The maximum absolute atomic E-state index is 12.7. The summed E-state index contributed by atoms with van der Waals surface area (Å²) in [6.45, 7) is 0. The second-order valence-electron chi connectivity index (χ2n) is 4.13. The van der Waals surface area contributed by atoms with Crippen molar-refractivity contribution in [2.24, 2.45) is 5.84 Å². The third-order valence-electron chi connectivity index (χ3n) is 2.85. The van der Waals surface area contributed by atoms with Crippen LogP contribution in [0.2, 0.25) is 0 Å². The molecule has 0 aliphatic heterocycles. The Kier molecular flexibility index (Phi) is 3.87. The van der Waals surface area contributed by atoms with Crippen molar-refractivity contribution in [3.05, 3.63) is 71.3 Å². The molecule has 0 spiro atoms. The molecule has 2 nitrogen and oxygen atoms in total. The van der Waals surface area contributed by atoms with E-state index in [-0.39, 0.29) is 0 Å². The highest BCUT2D eigenvalue weighted by Crippen LogP contribution is 2.31. The molecule has 0 saturated heterocycles. The molecule has 0 heterocycles. The van der Waals surface area contributed by atoms with Crippen LogP contribution in [0.4, 0.5) is 13.2 Å². The fourth-order valence-corrected chi connectivity index (χ4v) is 1.92. The van der Waals surface area contributed by atoms with Gasteiger partial charge in [0.25, 0.3) is 0 Å². The predicted octanol–water partition coefficient (Wildman–Crippen LogP) is 3.26. The Morgan fingerprint density at radius 3 is 2.11 bits per heavy atom. The minimum Gasteiger partial charge on any atom is -0.271 e. The van der Waals surface area contributed by atoms with Gasteiger partial charge in [0.2, 0.25) is 0 Å². The molecule has 0 saturated carbocycles. The lowest BCUT2D eigenvalue weighted by Gasteiger charge is -2.18. The van der Waals surface area contributed by atoms with Gasteiger partial charge in [-0.15, -0.1) is 0 Å². The second-order valence-corrected chi connectivity index (χ2v) is 4.13. The first-order valence-electron chi connectivity index (χ1n) is 5.70. The maximum atomic E-state index is 12.7. The smallest absolute Gasteiger partial charge is 0.271 e. The van der Waals surface area contributed by atoms with Crippen LogP contribution in [0.5, 0.6) is 0 Å². The molecule has 1 atom stereocenters. The van der Waals surface area contributed by atoms with E-state index in [1.165, 1.54) is 6.07 Å². The molecule has 2 aromatic rings. The summed E-state index contributed by atoms with van der Waals surface area (Å²) in [6, 6.07) is 13.8. The van der Waals surface area contributed by atoms with Crippen LogP contribution < -0.4 is 11.3 Å². The Bertz CT molecular complexity index is 538. The minimum absolute atomic E-state index is 0.469. The molecule has 0 radical (unpaired) electrons. The number of nitrogens with one attached hydrogen (secondary N) is 1. The van der Waals surface area contributed by atoms with Gasteiger partial charge in [-0.2, -0.15) is 13.2 Å². The Morgan fingerprint density at radius 1 is 0.895 bits per heavy atom. The van der Waals surface area contributed by atoms with E-state index in [9.17, 15) is 13.2 Å². The standard InChI is InChI=1S/C14H13F3N2/c15-14(16,17)12-8-4-7-11(9-12)13(19-18)10-5-2-1-3-6-10/h1-9,13,19H,18H2. The van der Waals surface area contributed by atoms with Gasteiger partial charge in [0.15, 0.2) is 0 Å². The molecule has 0 aromatic heterocycles. The SMILES string of the molecule is NNC(c1ccccc1)c1cccc(C(F)(F)F)c1. The van der Waals surface area contributed by atoms with Gasteiger partial charge < -0.3 is 0 Å². The molecule has 2 aromatic carbocycles. The zero-order valence-electron chi connectivity index (χ0n) is 9.98. The number of benzene rings is 2. The Morgan fingerprint density at radius 2 is 1.53 bits per heavy atom. The average Bonchev–Trinajstić information content (AvgIpc) is 2.40. The molecule has 0 aliphatic rings. The number of hydrogen-bond donors (Lipinski definition) is 2. The van der Waals surface area contributed by atoms with E-state index >= 15 is 0 Å². The number of alkyl halides is 3. The topological polar surface area (TPSA) is 38.0 Å². The van der Waals surface area contributed by atoms with Crippen molar-refractivity contribution in [2.75, 3.05) is 0 Å². The number of rotatable bonds is 3. The molecule has 5 heteroatoms. The van der Waals surface area contributed by atoms with Crippen molar-refractivity contribution < 1.29 is 13.2 Å². The third kappa shape index (κ3) is 3.13. The lowest BCUT2D eigenvalue weighted by Crippen LogP contribution is -2.29. The summed E-state index contributed by atoms with van der Waals surface area (Å²) in [5.41, 5.74) is 3.15. The summed E-state index contributed by atoms with van der Waals surface area (Å²) in [5, 5.41) is 0. The van der Waals surface area contributed by atoms with Crippen LogP contribution in [0, 0.1) is 0 Å². The highest BCUT2D eigenvalue weighted by Gasteiger charge is 2.31. The van der Waals surface area contributed by atoms with Crippen molar-refractivity contribution in [1.29, 1.82) is 0 Å². The van der Waals surface area contributed by atoms with Crippen LogP contribution >= 0.6 is 0 Å². The molecule has 0 bridgehead atoms. The van der Waals surface area contributed by atoms with Gasteiger partial charge in [-0.05, 0) is 23.3 Å². The van der Waals surface area contributed by atoms with Crippen molar-refractivity contribution in [3.8, 4) is 0 Å². The zero-order chi connectivity index (χ0) is 13.9. The number of halogens is 3. The zero-order valence-corrected chi connectivity index (χ0v) is 9.98. The monoisotopic (exact) mass is 266 g/mol. The van der Waals surface area contributed by atoms with Crippen molar-refractivity contribution >= 4 is 0 Å². The largest absolute Gasteiger partial charge is 0.416 e. The van der Waals surface area contributed by atoms with Crippen LogP contribution in [0.15, 0.2) is 54.6 Å². The minimum atomic E-state index is -4.36. The Hall–Kier alpha value is -1.85. The van der Waals surface area contributed by atoms with E-state index in [1.54, 1.807) is 6.07 Å². The van der Waals surface area contributed by atoms with Crippen LogP contribution in [0.3, 0.4) is 0 Å². The fourth-order valence-electron chi connectivity index (χ4n) is 1.92. The van der Waals surface area contributed by atoms with E-state index < -0.39 is 17.8 Å². The fraction of sp³-hybridized carbons (Fsp3) is 0.143. The summed E-state index contributed by atoms with van der Waals surface area (Å²) in [7, 11) is 0. The quantitative estimate of drug-likeness (QED) is 0.661. The first-order chi connectivity index (χ1) is 9.02. The summed E-state index contributed by atoms with van der Waals surface area (Å²) in [6.07, 6.45) is -4.36. The molecule has 1 unspecified atom stereocenters. The molecular formula is C14H13F3N2. The van der Waals surface area contributed by atoms with Crippen LogP contribution in [0.25, 0.3) is 0 Å². The Balaban J connectivity index is 2.40. The van der Waals surface area contributed by atoms with Gasteiger partial charge in [-0.3, -0.25) is 5.84 Å². The van der Waals surface area contributed by atoms with E-state index in [0.717, 1.165) is 17.7 Å². The first-order valence-corrected chi connectivity index (χ1v) is 5.70. The average molecular weight is 266 g/mol. The predicted molar refractivity (Wildman–Crippen MR) is 67.1 cm³/mol. The number of hydrogen-bond acceptors (Lipinski definition) is 2. The van der Waals surface area contributed by atoms with Crippen LogP contribution in [-0.4, -0.2) is 0 Å². The van der Waals surface area contributed by atoms with E-state index in [4.69, 9.17) is 5.84 Å². The lowest BCUT2D eigenvalue weighted by molar-refractivity contribution is -0.137. The van der Waals surface area contributed by atoms with Gasteiger partial charge in [-0.25, -0.2) is 5.43 Å². The molecular weight excluding hydrogens is 253 g/mol. The van der Waals surface area contributed by atoms with Gasteiger partial charge in [-0.1, -0.05) is 42.5 Å². The molecule has 3 N–H and O–H groups in total. The molecule has 100 valence electrons. The van der Waals surface area contributed by atoms with Gasteiger partial charge in [0.05, 0.1) is 11.6 Å². The number of nitrogens with two attached hydrogens (primary N) is 1. The number of hydrazine groups is 1. The van der Waals surface area contributed by atoms with Crippen LogP contribution in [0.1, 0.15) is 22.7 Å². The van der Waals surface area contributed by atoms with E-state index in [2.05, 4.69) is 5.43 Å². The summed E-state index contributed by atoms with van der Waals surface area (Å²) < 4.78 is 38.1. The molecule has 2 rings (SSSR count). The lowest BCUT2D eigenvalue weighted by atomic mass is 9.97. The highest BCUT2D eigenvalue weighted by atomic mass is 19.4. The van der Waals surface area contributed by atoms with E-state index in [0.29, 0.717) is 5.56 Å². The molecule has 0 amide bonds.